The van der Waals surface area contributed by atoms with Gasteiger partial charge in [0.15, 0.2) is 5.05 Å². The van der Waals surface area contributed by atoms with Crippen molar-refractivity contribution in [3.05, 3.63) is 83.9 Å². The Morgan fingerprint density at radius 3 is 2.30 bits per heavy atom. The van der Waals surface area contributed by atoms with Crippen molar-refractivity contribution in [2.24, 2.45) is 0 Å². The van der Waals surface area contributed by atoms with Gasteiger partial charge in [0.05, 0.1) is 16.6 Å². The molecule has 1 heterocycles. The monoisotopic (exact) mass is 383 g/mol. The predicted octanol–water partition coefficient (Wildman–Crippen LogP) is 6.16. The van der Waals surface area contributed by atoms with Gasteiger partial charge < -0.3 is 4.74 Å². The van der Waals surface area contributed by atoms with Gasteiger partial charge in [0, 0.05) is 16.3 Å². The number of hydrogen-bond acceptors (Lipinski definition) is 3. The van der Waals surface area contributed by atoms with Gasteiger partial charge in [-0.15, -0.1) is 0 Å². The van der Waals surface area contributed by atoms with E-state index in [2.05, 4.69) is 4.98 Å². The Bertz CT molecular complexity index is 1150. The number of rotatable bonds is 2. The molecule has 0 saturated heterocycles. The summed E-state index contributed by atoms with van der Waals surface area (Å²) >= 11 is 5.39. The van der Waals surface area contributed by atoms with Gasteiger partial charge in [0.1, 0.15) is 5.75 Å². The number of nitrogens with zero attached hydrogens (tertiary/aromatic N) is 1. The largest absolute Gasteiger partial charge is 0.445 e. The van der Waals surface area contributed by atoms with Crippen LogP contribution in [0.4, 0.5) is 13.2 Å². The van der Waals surface area contributed by atoms with Crippen LogP contribution in [0.15, 0.2) is 72.8 Å². The highest BCUT2D eigenvalue weighted by molar-refractivity contribution is 7.80. The third kappa shape index (κ3) is 3.48. The molecule has 3 aromatic carbocycles. The van der Waals surface area contributed by atoms with Gasteiger partial charge in [0.25, 0.3) is 0 Å². The number of para-hydroxylation sites is 1. The molecule has 134 valence electrons. The Morgan fingerprint density at radius 1 is 0.852 bits per heavy atom. The van der Waals surface area contributed by atoms with Gasteiger partial charge in [-0.2, -0.15) is 13.2 Å². The highest BCUT2D eigenvalue weighted by Crippen LogP contribution is 2.31. The van der Waals surface area contributed by atoms with Gasteiger partial charge >= 0.3 is 6.18 Å². The lowest BCUT2D eigenvalue weighted by Gasteiger charge is -2.11. The van der Waals surface area contributed by atoms with Crippen molar-refractivity contribution in [2.75, 3.05) is 0 Å². The van der Waals surface area contributed by atoms with E-state index in [1.165, 1.54) is 12.1 Å². The molecule has 0 N–H and O–H groups in total. The first-order valence-electron chi connectivity index (χ1n) is 8.10. The molecule has 0 unspecified atom stereocenters. The van der Waals surface area contributed by atoms with Crippen molar-refractivity contribution in [1.29, 1.82) is 0 Å². The molecule has 0 amide bonds. The average Bonchev–Trinajstić information content (AvgIpc) is 2.65. The minimum Gasteiger partial charge on any atom is -0.445 e. The molecular weight excluding hydrogens is 371 g/mol. The zero-order valence-electron chi connectivity index (χ0n) is 13.8. The van der Waals surface area contributed by atoms with E-state index in [0.29, 0.717) is 5.56 Å². The van der Waals surface area contributed by atoms with E-state index in [1.54, 1.807) is 0 Å². The van der Waals surface area contributed by atoms with Crippen molar-refractivity contribution < 1.29 is 17.9 Å². The summed E-state index contributed by atoms with van der Waals surface area (Å²) in [5, 5.41) is 1.97. The molecular formula is C21H12F3NOS. The summed E-state index contributed by atoms with van der Waals surface area (Å²) in [4.78, 5) is 4.63. The Labute approximate surface area is 158 Å². The Hall–Kier alpha value is -2.99. The first-order chi connectivity index (χ1) is 12.9. The lowest BCUT2D eigenvalue weighted by molar-refractivity contribution is -0.137. The maximum Gasteiger partial charge on any atom is 0.416 e. The van der Waals surface area contributed by atoms with E-state index in [4.69, 9.17) is 17.0 Å². The smallest absolute Gasteiger partial charge is 0.416 e. The molecule has 4 aromatic rings. The maximum absolute atomic E-state index is 12.7. The van der Waals surface area contributed by atoms with Crippen molar-refractivity contribution >= 4 is 39.1 Å². The Balaban J connectivity index is 1.69. The van der Waals surface area contributed by atoms with Crippen LogP contribution in [0, 0.1) is 0 Å². The molecule has 1 aromatic heterocycles. The molecule has 6 heteroatoms. The summed E-state index contributed by atoms with van der Waals surface area (Å²) < 4.78 is 43.7. The second kappa shape index (κ2) is 6.63. The van der Waals surface area contributed by atoms with Crippen LogP contribution in [0.1, 0.15) is 11.1 Å². The molecule has 27 heavy (non-hydrogen) atoms. The molecule has 4 rings (SSSR count). The van der Waals surface area contributed by atoms with E-state index in [0.717, 1.165) is 33.9 Å². The topological polar surface area (TPSA) is 22.1 Å². The lowest BCUT2D eigenvalue weighted by Crippen LogP contribution is -2.09. The fourth-order valence-electron chi connectivity index (χ4n) is 2.85. The minimum absolute atomic E-state index is 0.178. The molecule has 0 saturated carbocycles. The molecule has 0 aliphatic heterocycles. The minimum atomic E-state index is -4.39. The second-order valence-electron chi connectivity index (χ2n) is 5.96. The van der Waals surface area contributed by atoms with Crippen LogP contribution < -0.4 is 4.74 Å². The zero-order chi connectivity index (χ0) is 19.0. The van der Waals surface area contributed by atoms with Crippen molar-refractivity contribution in [3.8, 4) is 5.75 Å². The molecule has 0 aliphatic carbocycles. The van der Waals surface area contributed by atoms with Gasteiger partial charge in [-0.25, -0.2) is 4.98 Å². The quantitative estimate of drug-likeness (QED) is 0.306. The number of benzene rings is 3. The summed E-state index contributed by atoms with van der Waals surface area (Å²) in [6.45, 7) is 0. The summed E-state index contributed by atoms with van der Waals surface area (Å²) in [5.41, 5.74) is 1.57. The highest BCUT2D eigenvalue weighted by Gasteiger charge is 2.30. The van der Waals surface area contributed by atoms with Crippen LogP contribution in [0.2, 0.25) is 0 Å². The third-order valence-electron chi connectivity index (χ3n) is 4.17. The molecule has 2 nitrogen and oxygen atoms in total. The van der Waals surface area contributed by atoms with E-state index in [9.17, 15) is 13.2 Å². The molecule has 0 bridgehead atoms. The van der Waals surface area contributed by atoms with E-state index >= 15 is 0 Å². The number of halogens is 3. The lowest BCUT2D eigenvalue weighted by atomic mass is 10.1. The SMILES string of the molecule is FC(F)(F)c1ccc(OC(=S)c2cccc3nc4ccccc4cc23)cc1. The van der Waals surface area contributed by atoms with E-state index in [-0.39, 0.29) is 10.8 Å². The molecule has 0 fully saturated rings. The van der Waals surface area contributed by atoms with Crippen LogP contribution in [0.5, 0.6) is 5.75 Å². The van der Waals surface area contributed by atoms with Gasteiger partial charge in [-0.1, -0.05) is 24.3 Å². The third-order valence-corrected chi connectivity index (χ3v) is 4.48. The first kappa shape index (κ1) is 17.4. The van der Waals surface area contributed by atoms with Gasteiger partial charge in [-0.05, 0) is 60.7 Å². The van der Waals surface area contributed by atoms with Crippen LogP contribution in [-0.2, 0) is 6.18 Å². The fraction of sp³-hybridized carbons (Fsp3) is 0.0476. The standard InChI is InChI=1S/C21H12F3NOS/c22-21(23,24)14-8-10-15(11-9-14)26-20(27)16-5-3-7-19-17(16)12-13-4-1-2-6-18(13)25-19/h1-12H. The summed E-state index contributed by atoms with van der Waals surface area (Å²) in [6, 6.07) is 19.7. The number of thiocarbonyl (C=S) groups is 1. The molecule has 0 aliphatic rings. The summed E-state index contributed by atoms with van der Waals surface area (Å²) in [5.74, 6) is 0.249. The number of pyridine rings is 1. The van der Waals surface area contributed by atoms with Gasteiger partial charge in [0.2, 0.25) is 0 Å². The van der Waals surface area contributed by atoms with Crippen LogP contribution in [0.25, 0.3) is 21.8 Å². The van der Waals surface area contributed by atoms with Crippen molar-refractivity contribution in [1.82, 2.24) is 4.98 Å². The van der Waals surface area contributed by atoms with Crippen molar-refractivity contribution in [2.45, 2.75) is 6.18 Å². The first-order valence-corrected chi connectivity index (χ1v) is 8.50. The normalized spacial score (nSPS) is 11.7. The molecule has 0 spiro atoms. The molecule has 0 radical (unpaired) electrons. The number of hydrogen-bond donors (Lipinski definition) is 0. The second-order valence-corrected chi connectivity index (χ2v) is 6.34. The zero-order valence-corrected chi connectivity index (χ0v) is 14.6. The van der Waals surface area contributed by atoms with Crippen molar-refractivity contribution in [3.63, 3.8) is 0 Å². The number of aromatic nitrogens is 1. The van der Waals surface area contributed by atoms with Crippen LogP contribution in [-0.4, -0.2) is 10.0 Å². The summed E-state index contributed by atoms with van der Waals surface area (Å²) in [7, 11) is 0. The maximum atomic E-state index is 12.7. The summed E-state index contributed by atoms with van der Waals surface area (Å²) in [6.07, 6.45) is -4.39. The Kier molecular flexibility index (Phi) is 4.28. The fourth-order valence-corrected chi connectivity index (χ4v) is 3.13. The van der Waals surface area contributed by atoms with E-state index < -0.39 is 11.7 Å². The number of ether oxygens (including phenoxy) is 1. The van der Waals surface area contributed by atoms with Crippen LogP contribution >= 0.6 is 12.2 Å². The van der Waals surface area contributed by atoms with Crippen LogP contribution in [0.3, 0.4) is 0 Å². The van der Waals surface area contributed by atoms with E-state index in [1.807, 2.05) is 48.5 Å². The Morgan fingerprint density at radius 2 is 1.56 bits per heavy atom. The van der Waals surface area contributed by atoms with Gasteiger partial charge in [-0.3, -0.25) is 0 Å². The predicted molar refractivity (Wildman–Crippen MR) is 103 cm³/mol. The molecule has 0 atom stereocenters. The highest BCUT2D eigenvalue weighted by atomic mass is 32.1. The number of fused-ring (bicyclic) bond motifs is 2. The average molecular weight is 383 g/mol. The number of alkyl halides is 3.